The summed E-state index contributed by atoms with van der Waals surface area (Å²) >= 11 is 1.89. The molecule has 0 saturated heterocycles. The second-order valence-electron chi connectivity index (χ2n) is 13.7. The molecule has 0 bridgehead atoms. The lowest BCUT2D eigenvalue weighted by Gasteiger charge is -2.22. The largest absolute Gasteiger partial charge is 0.135 e. The van der Waals surface area contributed by atoms with Gasteiger partial charge in [-0.15, -0.1) is 11.3 Å². The van der Waals surface area contributed by atoms with Gasteiger partial charge in [-0.25, -0.2) is 0 Å². The van der Waals surface area contributed by atoms with Gasteiger partial charge in [0.05, 0.1) is 0 Å². The Kier molecular flexibility index (Phi) is 5.89. The van der Waals surface area contributed by atoms with Gasteiger partial charge in [-0.2, -0.15) is 0 Å². The zero-order valence-electron chi connectivity index (χ0n) is 26.9. The minimum Gasteiger partial charge on any atom is -0.135 e. The van der Waals surface area contributed by atoms with E-state index in [1.54, 1.807) is 0 Å². The Morgan fingerprint density at radius 2 is 0.979 bits per heavy atom. The van der Waals surface area contributed by atoms with Crippen LogP contribution in [0.4, 0.5) is 0 Å². The van der Waals surface area contributed by atoms with Crippen molar-refractivity contribution in [3.05, 3.63) is 169 Å². The topological polar surface area (TPSA) is 0 Å². The fourth-order valence-corrected chi connectivity index (χ4v) is 9.45. The molecule has 0 nitrogen and oxygen atoms in total. The summed E-state index contributed by atoms with van der Waals surface area (Å²) in [6.45, 7) is 4.71. The van der Waals surface area contributed by atoms with E-state index in [2.05, 4.69) is 172 Å². The van der Waals surface area contributed by atoms with Crippen LogP contribution in [0.5, 0.6) is 0 Å². The Bertz CT molecular complexity index is 2740. The molecule has 48 heavy (non-hydrogen) atoms. The standard InChI is InChI=1S/C47H32S/c1-47(2)43-16-7-5-12-37(43)38-25-24-32(28-44(38)47)31-22-23-33-27-41(35-10-3-4-11-36(35)42(33)26-31)30-20-18-29(19-21-30)34-14-9-15-40-39-13-6-8-17-45(39)48-46(34)40/h3-28H,1-2H3. The average Bonchev–Trinajstić information content (AvgIpc) is 3.63. The summed E-state index contributed by atoms with van der Waals surface area (Å²) in [5, 5.41) is 7.81. The van der Waals surface area contributed by atoms with Crippen molar-refractivity contribution in [1.29, 1.82) is 0 Å². The minimum absolute atomic E-state index is 0.0136. The second kappa shape index (κ2) is 10.2. The molecule has 10 rings (SSSR count). The van der Waals surface area contributed by atoms with Crippen LogP contribution in [0.3, 0.4) is 0 Å². The fourth-order valence-electron chi connectivity index (χ4n) is 8.21. The highest BCUT2D eigenvalue weighted by Crippen LogP contribution is 2.50. The van der Waals surface area contributed by atoms with E-state index in [0.717, 1.165) is 0 Å². The number of hydrogen-bond acceptors (Lipinski definition) is 1. The van der Waals surface area contributed by atoms with Gasteiger partial charge in [-0.1, -0.05) is 147 Å². The molecule has 226 valence electrons. The predicted octanol–water partition coefficient (Wildman–Crippen LogP) is 13.7. The number of rotatable bonds is 3. The van der Waals surface area contributed by atoms with Crippen molar-refractivity contribution in [3.63, 3.8) is 0 Å². The van der Waals surface area contributed by atoms with E-state index in [-0.39, 0.29) is 5.41 Å². The van der Waals surface area contributed by atoms with Crippen molar-refractivity contribution < 1.29 is 0 Å². The van der Waals surface area contributed by atoms with Gasteiger partial charge in [0.2, 0.25) is 0 Å². The molecule has 0 N–H and O–H groups in total. The summed E-state index contributed by atoms with van der Waals surface area (Å²) in [5.74, 6) is 0. The quantitative estimate of drug-likeness (QED) is 0.171. The first-order valence-corrected chi connectivity index (χ1v) is 17.6. The molecule has 1 heterocycles. The first kappa shape index (κ1) is 27.6. The van der Waals surface area contributed by atoms with Gasteiger partial charge in [0.25, 0.3) is 0 Å². The van der Waals surface area contributed by atoms with Crippen molar-refractivity contribution in [3.8, 4) is 44.5 Å². The van der Waals surface area contributed by atoms with Crippen LogP contribution in [-0.4, -0.2) is 0 Å². The molecule has 0 spiro atoms. The third kappa shape index (κ3) is 4.01. The fraction of sp³-hybridized carbons (Fsp3) is 0.0638. The van der Waals surface area contributed by atoms with E-state index in [9.17, 15) is 0 Å². The van der Waals surface area contributed by atoms with E-state index in [4.69, 9.17) is 0 Å². The van der Waals surface area contributed by atoms with Crippen molar-refractivity contribution in [2.24, 2.45) is 0 Å². The van der Waals surface area contributed by atoms with Crippen LogP contribution in [0.15, 0.2) is 158 Å². The van der Waals surface area contributed by atoms with Crippen LogP contribution in [0.2, 0.25) is 0 Å². The molecule has 1 heteroatoms. The van der Waals surface area contributed by atoms with Gasteiger partial charge in [0.1, 0.15) is 0 Å². The highest BCUT2D eigenvalue weighted by atomic mass is 32.1. The van der Waals surface area contributed by atoms with Crippen LogP contribution in [-0.2, 0) is 5.41 Å². The molecule has 0 saturated carbocycles. The molecule has 0 fully saturated rings. The number of benzene rings is 8. The highest BCUT2D eigenvalue weighted by molar-refractivity contribution is 7.26. The van der Waals surface area contributed by atoms with Crippen molar-refractivity contribution >= 4 is 53.1 Å². The predicted molar refractivity (Wildman–Crippen MR) is 208 cm³/mol. The van der Waals surface area contributed by atoms with Gasteiger partial charge in [-0.3, -0.25) is 0 Å². The Labute approximate surface area is 284 Å². The van der Waals surface area contributed by atoms with Gasteiger partial charge in [-0.05, 0) is 101 Å². The normalized spacial score (nSPS) is 13.4. The molecular formula is C47H32S. The third-order valence-electron chi connectivity index (χ3n) is 10.7. The highest BCUT2D eigenvalue weighted by Gasteiger charge is 2.35. The smallest absolute Gasteiger partial charge is 0.0433 e. The SMILES string of the molecule is CC1(C)c2ccccc2-c2ccc(-c3ccc4cc(-c5ccc(-c6cccc7c6sc6ccccc67)cc5)c5ccccc5c4c3)cc21. The van der Waals surface area contributed by atoms with Crippen LogP contribution >= 0.6 is 11.3 Å². The summed E-state index contributed by atoms with van der Waals surface area (Å²) in [7, 11) is 0. The summed E-state index contributed by atoms with van der Waals surface area (Å²) in [4.78, 5) is 0. The van der Waals surface area contributed by atoms with Crippen LogP contribution in [0, 0.1) is 0 Å². The summed E-state index contributed by atoms with van der Waals surface area (Å²) < 4.78 is 2.70. The average molecular weight is 629 g/mol. The molecule has 0 amide bonds. The molecule has 0 atom stereocenters. The van der Waals surface area contributed by atoms with Gasteiger partial charge < -0.3 is 0 Å². The van der Waals surface area contributed by atoms with Crippen molar-refractivity contribution in [1.82, 2.24) is 0 Å². The van der Waals surface area contributed by atoms with E-state index < -0.39 is 0 Å². The number of hydrogen-bond donors (Lipinski definition) is 0. The lowest BCUT2D eigenvalue weighted by Crippen LogP contribution is -2.14. The maximum absolute atomic E-state index is 2.42. The Morgan fingerprint density at radius 1 is 0.375 bits per heavy atom. The maximum Gasteiger partial charge on any atom is 0.0433 e. The molecule has 0 radical (unpaired) electrons. The first-order chi connectivity index (χ1) is 23.5. The molecule has 0 unspecified atom stereocenters. The molecule has 8 aromatic carbocycles. The summed E-state index contributed by atoms with van der Waals surface area (Å²) in [6, 6.07) is 58.8. The van der Waals surface area contributed by atoms with E-state index >= 15 is 0 Å². The minimum atomic E-state index is -0.0136. The zero-order valence-corrected chi connectivity index (χ0v) is 27.7. The van der Waals surface area contributed by atoms with Gasteiger partial charge >= 0.3 is 0 Å². The maximum atomic E-state index is 2.42. The monoisotopic (exact) mass is 628 g/mol. The lowest BCUT2D eigenvalue weighted by atomic mass is 9.81. The summed E-state index contributed by atoms with van der Waals surface area (Å²) in [6.07, 6.45) is 0. The van der Waals surface area contributed by atoms with Crippen LogP contribution < -0.4 is 0 Å². The zero-order chi connectivity index (χ0) is 32.0. The number of fused-ring (bicyclic) bond motifs is 9. The summed E-state index contributed by atoms with van der Waals surface area (Å²) in [5.41, 5.74) is 13.1. The number of thiophene rings is 1. The lowest BCUT2D eigenvalue weighted by molar-refractivity contribution is 0.660. The first-order valence-electron chi connectivity index (χ1n) is 16.8. The molecular weight excluding hydrogens is 597 g/mol. The Morgan fingerprint density at radius 3 is 1.83 bits per heavy atom. The van der Waals surface area contributed by atoms with E-state index in [0.29, 0.717) is 0 Å². The van der Waals surface area contributed by atoms with Crippen LogP contribution in [0.1, 0.15) is 25.0 Å². The van der Waals surface area contributed by atoms with E-state index in [1.807, 2.05) is 11.3 Å². The van der Waals surface area contributed by atoms with Gasteiger partial charge in [0, 0.05) is 25.6 Å². The van der Waals surface area contributed by atoms with Crippen molar-refractivity contribution in [2.75, 3.05) is 0 Å². The third-order valence-corrected chi connectivity index (χ3v) is 11.9. The Balaban J connectivity index is 1.06. The molecule has 0 aliphatic heterocycles. The molecule has 1 aliphatic carbocycles. The Hall–Kier alpha value is -5.50. The molecule has 9 aromatic rings. The molecule has 1 aliphatic rings. The van der Waals surface area contributed by atoms with Crippen LogP contribution in [0.25, 0.3) is 86.2 Å². The van der Waals surface area contributed by atoms with Gasteiger partial charge in [0.15, 0.2) is 0 Å². The van der Waals surface area contributed by atoms with Crippen molar-refractivity contribution in [2.45, 2.75) is 19.3 Å². The van der Waals surface area contributed by atoms with E-state index in [1.165, 1.54) is 97.4 Å². The second-order valence-corrected chi connectivity index (χ2v) is 14.7. The molecule has 1 aromatic heterocycles.